The molecule has 0 spiro atoms. The van der Waals surface area contributed by atoms with E-state index in [1.54, 1.807) is 12.1 Å². The number of anilines is 1. The molecule has 0 amide bonds. The van der Waals surface area contributed by atoms with Crippen LogP contribution in [0.1, 0.15) is 0 Å². The number of halogens is 2. The molecule has 132 valence electrons. The molecule has 0 radical (unpaired) electrons. The van der Waals surface area contributed by atoms with E-state index in [2.05, 4.69) is 14.7 Å². The molecule has 0 aliphatic heterocycles. The maximum Gasteiger partial charge on any atom is 0.263 e. The molecule has 0 bridgehead atoms. The average Bonchev–Trinajstić information content (AvgIpc) is 2.99. The Morgan fingerprint density at radius 1 is 1.12 bits per heavy atom. The quantitative estimate of drug-likeness (QED) is 0.597. The predicted molar refractivity (Wildman–Crippen MR) is 93.2 cm³/mol. The lowest BCUT2D eigenvalue weighted by Crippen LogP contribution is -2.14. The zero-order chi connectivity index (χ0) is 18.5. The Bertz CT molecular complexity index is 1270. The van der Waals surface area contributed by atoms with Gasteiger partial charge in [0.1, 0.15) is 5.52 Å². The average molecular weight is 374 g/mol. The summed E-state index contributed by atoms with van der Waals surface area (Å²) in [7, 11) is -2.11. The lowest BCUT2D eigenvalue weighted by molar-refractivity contribution is 0.515. The zero-order valence-corrected chi connectivity index (χ0v) is 14.3. The van der Waals surface area contributed by atoms with E-state index < -0.39 is 21.7 Å². The third kappa shape index (κ3) is 2.66. The summed E-state index contributed by atoms with van der Waals surface area (Å²) in [6.07, 6.45) is 2.88. The normalized spacial score (nSPS) is 12.0. The van der Waals surface area contributed by atoms with Crippen LogP contribution in [-0.2, 0) is 17.1 Å². The van der Waals surface area contributed by atoms with E-state index >= 15 is 0 Å². The van der Waals surface area contributed by atoms with Crippen molar-refractivity contribution in [1.82, 2.24) is 14.5 Å². The van der Waals surface area contributed by atoms with Crippen molar-refractivity contribution in [2.45, 2.75) is 4.90 Å². The van der Waals surface area contributed by atoms with Gasteiger partial charge in [0.15, 0.2) is 17.5 Å². The van der Waals surface area contributed by atoms with E-state index in [4.69, 9.17) is 0 Å². The van der Waals surface area contributed by atoms with Crippen LogP contribution in [0.3, 0.4) is 0 Å². The minimum absolute atomic E-state index is 0.0435. The molecular weight excluding hydrogens is 362 g/mol. The summed E-state index contributed by atoms with van der Waals surface area (Å²) in [6.45, 7) is 0. The molecule has 2 aromatic carbocycles. The van der Waals surface area contributed by atoms with Crippen LogP contribution < -0.4 is 4.72 Å². The maximum absolute atomic E-state index is 13.7. The number of aromatic nitrogens is 3. The number of nitrogens with one attached hydrogen (secondary N) is 1. The zero-order valence-electron chi connectivity index (χ0n) is 13.4. The molecule has 26 heavy (non-hydrogen) atoms. The number of hydrogen-bond acceptors (Lipinski definition) is 4. The molecule has 0 saturated carbocycles. The molecule has 6 nitrogen and oxygen atoms in total. The fraction of sp³-hybridized carbons (Fsp3) is 0.0588. The Balaban J connectivity index is 1.73. The minimum Gasteiger partial charge on any atom is -0.351 e. The summed E-state index contributed by atoms with van der Waals surface area (Å²) < 4.78 is 56.2. The maximum atomic E-state index is 13.7. The van der Waals surface area contributed by atoms with Gasteiger partial charge in [-0.1, -0.05) is 6.07 Å². The molecule has 1 N–H and O–H groups in total. The molecule has 9 heteroatoms. The van der Waals surface area contributed by atoms with Gasteiger partial charge < -0.3 is 4.57 Å². The van der Waals surface area contributed by atoms with Gasteiger partial charge in [0.25, 0.3) is 10.0 Å². The predicted octanol–water partition coefficient (Wildman–Crippen LogP) is 3.20. The number of benzene rings is 2. The number of hydrogen-bond donors (Lipinski definition) is 1. The molecule has 0 fully saturated rings. The Labute approximate surface area is 147 Å². The highest BCUT2D eigenvalue weighted by molar-refractivity contribution is 7.92. The highest BCUT2D eigenvalue weighted by Gasteiger charge is 2.17. The molecule has 0 atom stereocenters. The highest BCUT2D eigenvalue weighted by Crippen LogP contribution is 2.23. The third-order valence-electron chi connectivity index (χ3n) is 4.01. The fourth-order valence-electron chi connectivity index (χ4n) is 2.68. The summed E-state index contributed by atoms with van der Waals surface area (Å²) in [5, 5.41) is 0.912. The van der Waals surface area contributed by atoms with Gasteiger partial charge in [-0.25, -0.2) is 27.2 Å². The topological polar surface area (TPSA) is 76.9 Å². The number of aryl methyl sites for hydroxylation is 1. The van der Waals surface area contributed by atoms with Gasteiger partial charge in [0.05, 0.1) is 16.6 Å². The second-order valence-corrected chi connectivity index (χ2v) is 7.42. The van der Waals surface area contributed by atoms with Gasteiger partial charge in [-0.2, -0.15) is 0 Å². The molecule has 2 aromatic heterocycles. The second-order valence-electron chi connectivity index (χ2n) is 5.74. The first-order valence-electron chi connectivity index (χ1n) is 7.54. The van der Waals surface area contributed by atoms with Crippen molar-refractivity contribution in [1.29, 1.82) is 0 Å². The number of rotatable bonds is 3. The van der Waals surface area contributed by atoms with E-state index in [9.17, 15) is 17.2 Å². The van der Waals surface area contributed by atoms with Crippen molar-refractivity contribution in [2.75, 3.05) is 4.72 Å². The van der Waals surface area contributed by atoms with Crippen LogP contribution in [0.2, 0.25) is 0 Å². The van der Waals surface area contributed by atoms with E-state index in [0.717, 1.165) is 23.2 Å². The van der Waals surface area contributed by atoms with Crippen LogP contribution in [0.15, 0.2) is 53.7 Å². The van der Waals surface area contributed by atoms with Gasteiger partial charge in [-0.3, -0.25) is 4.72 Å². The Hall–Kier alpha value is -3.07. The summed E-state index contributed by atoms with van der Waals surface area (Å²) in [5.41, 5.74) is 0.537. The first kappa shape index (κ1) is 16.4. The molecule has 0 aliphatic rings. The van der Waals surface area contributed by atoms with Crippen LogP contribution in [0.5, 0.6) is 0 Å². The van der Waals surface area contributed by atoms with E-state index in [1.807, 2.05) is 23.9 Å². The van der Waals surface area contributed by atoms with Gasteiger partial charge in [0, 0.05) is 18.8 Å². The van der Waals surface area contributed by atoms with Crippen LogP contribution >= 0.6 is 0 Å². The van der Waals surface area contributed by atoms with Crippen LogP contribution in [0, 0.1) is 11.6 Å². The Morgan fingerprint density at radius 3 is 2.73 bits per heavy atom. The molecule has 4 rings (SSSR count). The molecule has 0 unspecified atom stereocenters. The lowest BCUT2D eigenvalue weighted by atomic mass is 10.2. The van der Waals surface area contributed by atoms with Crippen molar-refractivity contribution in [3.63, 3.8) is 0 Å². The minimum atomic E-state index is -3.92. The smallest absolute Gasteiger partial charge is 0.263 e. The number of nitrogens with zero attached hydrogens (tertiary/aromatic N) is 3. The van der Waals surface area contributed by atoms with Crippen LogP contribution in [0.25, 0.3) is 21.9 Å². The monoisotopic (exact) mass is 374 g/mol. The van der Waals surface area contributed by atoms with Crippen molar-refractivity contribution >= 4 is 37.8 Å². The first-order valence-corrected chi connectivity index (χ1v) is 9.02. The highest BCUT2D eigenvalue weighted by atomic mass is 32.2. The lowest BCUT2D eigenvalue weighted by Gasteiger charge is -2.09. The SMILES string of the molecule is Cn1ccc2ccc(S(=O)(=O)Nc3cnc4c(F)c(F)ccc4n3)cc21. The molecule has 0 saturated heterocycles. The van der Waals surface area contributed by atoms with E-state index in [1.165, 1.54) is 12.1 Å². The Kier molecular flexibility index (Phi) is 3.62. The standard InChI is InChI=1S/C17H12F2N4O2S/c1-23-7-6-10-2-3-11(8-14(10)23)26(24,25)22-15-9-20-17-13(21-15)5-4-12(18)16(17)19/h2-9H,1H3,(H,21,22). The summed E-state index contributed by atoms with van der Waals surface area (Å²) in [6, 6.07) is 8.74. The molecule has 4 aromatic rings. The summed E-state index contributed by atoms with van der Waals surface area (Å²) in [5.74, 6) is -2.26. The van der Waals surface area contributed by atoms with Gasteiger partial charge >= 0.3 is 0 Å². The van der Waals surface area contributed by atoms with Crippen molar-refractivity contribution in [3.8, 4) is 0 Å². The van der Waals surface area contributed by atoms with Crippen molar-refractivity contribution in [3.05, 3.63) is 60.4 Å². The number of fused-ring (bicyclic) bond motifs is 2. The van der Waals surface area contributed by atoms with Gasteiger partial charge in [0.2, 0.25) is 0 Å². The largest absolute Gasteiger partial charge is 0.351 e. The summed E-state index contributed by atoms with van der Waals surface area (Å²) in [4.78, 5) is 7.81. The van der Waals surface area contributed by atoms with Crippen LogP contribution in [-0.4, -0.2) is 23.0 Å². The molecular formula is C17H12F2N4O2S. The fourth-order valence-corrected chi connectivity index (χ4v) is 3.69. The molecule has 0 aliphatic carbocycles. The van der Waals surface area contributed by atoms with Crippen molar-refractivity contribution in [2.24, 2.45) is 7.05 Å². The van der Waals surface area contributed by atoms with Gasteiger partial charge in [-0.05, 0) is 35.7 Å². The van der Waals surface area contributed by atoms with Gasteiger partial charge in [-0.15, -0.1) is 0 Å². The third-order valence-corrected chi connectivity index (χ3v) is 5.37. The first-order chi connectivity index (χ1) is 12.3. The Morgan fingerprint density at radius 2 is 1.92 bits per heavy atom. The number of sulfonamides is 1. The summed E-state index contributed by atoms with van der Waals surface area (Å²) >= 11 is 0. The van der Waals surface area contributed by atoms with E-state index in [0.29, 0.717) is 0 Å². The van der Waals surface area contributed by atoms with Crippen molar-refractivity contribution < 1.29 is 17.2 Å². The van der Waals surface area contributed by atoms with Crippen LogP contribution in [0.4, 0.5) is 14.6 Å². The molecule has 2 heterocycles. The second kappa shape index (κ2) is 5.73. The van der Waals surface area contributed by atoms with E-state index in [-0.39, 0.29) is 21.7 Å².